The third-order valence-corrected chi connectivity index (χ3v) is 2.85. The maximum atomic E-state index is 5.61. The first-order valence-electron chi connectivity index (χ1n) is 4.15. The third kappa shape index (κ3) is 1.50. The van der Waals surface area contributed by atoms with Gasteiger partial charge in [0.2, 0.25) is 5.01 Å². The number of thiazole rings is 1. The molecule has 2 rings (SSSR count). The van der Waals surface area contributed by atoms with Gasteiger partial charge in [-0.1, -0.05) is 11.3 Å². The van der Waals surface area contributed by atoms with Crippen molar-refractivity contribution in [2.75, 3.05) is 19.7 Å². The van der Waals surface area contributed by atoms with E-state index in [4.69, 9.17) is 4.74 Å². The molecule has 0 saturated carbocycles. The fourth-order valence-electron chi connectivity index (χ4n) is 1.39. The van der Waals surface area contributed by atoms with Crippen molar-refractivity contribution in [3.05, 3.63) is 16.6 Å². The average Bonchev–Trinajstić information content (AvgIpc) is 2.53. The van der Waals surface area contributed by atoms with Gasteiger partial charge in [0.1, 0.15) is 0 Å². The van der Waals surface area contributed by atoms with Crippen molar-refractivity contribution in [2.45, 2.75) is 13.2 Å². The van der Waals surface area contributed by atoms with E-state index in [0.717, 1.165) is 19.7 Å². The Labute approximate surface area is 76.0 Å². The van der Waals surface area contributed by atoms with E-state index in [1.807, 2.05) is 0 Å². The molecule has 0 bridgehead atoms. The van der Waals surface area contributed by atoms with Gasteiger partial charge in [-0.2, -0.15) is 4.57 Å². The fraction of sp³-hybridized carbons (Fsp3) is 0.625. The number of ether oxygens (including phenoxy) is 1. The lowest BCUT2D eigenvalue weighted by atomic mass is 10.4. The number of nitrogens with zero attached hydrogens (tertiary/aromatic N) is 1. The van der Waals surface area contributed by atoms with Crippen LogP contribution in [0.25, 0.3) is 0 Å². The number of hydrogen-bond donors (Lipinski definition) is 1. The van der Waals surface area contributed by atoms with Gasteiger partial charge in [0.05, 0.1) is 18.5 Å². The molecule has 0 aromatic carbocycles. The first kappa shape index (κ1) is 8.16. The second kappa shape index (κ2) is 3.51. The van der Waals surface area contributed by atoms with Crippen molar-refractivity contribution in [2.24, 2.45) is 0 Å². The summed E-state index contributed by atoms with van der Waals surface area (Å²) in [6.07, 6.45) is 2.28. The summed E-state index contributed by atoms with van der Waals surface area (Å²) in [6.45, 7) is 4.82. The van der Waals surface area contributed by atoms with E-state index in [9.17, 15) is 0 Å². The van der Waals surface area contributed by atoms with Crippen LogP contribution in [0.3, 0.4) is 0 Å². The Morgan fingerprint density at radius 2 is 2.67 bits per heavy atom. The van der Waals surface area contributed by atoms with Crippen LogP contribution >= 0.6 is 11.3 Å². The van der Waals surface area contributed by atoms with Crippen LogP contribution in [-0.4, -0.2) is 19.7 Å². The summed E-state index contributed by atoms with van der Waals surface area (Å²) >= 11 is 1.75. The van der Waals surface area contributed by atoms with Crippen LogP contribution in [0.2, 0.25) is 0 Å². The average molecular weight is 185 g/mol. The molecule has 0 spiro atoms. The molecule has 0 amide bonds. The smallest absolute Gasteiger partial charge is 0.276 e. The molecule has 3 nitrogen and oxygen atoms in total. The molecule has 1 aliphatic heterocycles. The van der Waals surface area contributed by atoms with Crippen LogP contribution in [0.5, 0.6) is 0 Å². The van der Waals surface area contributed by atoms with E-state index in [1.165, 1.54) is 5.01 Å². The Hall–Kier alpha value is -0.450. The Morgan fingerprint density at radius 3 is 3.25 bits per heavy atom. The number of hydrogen-bond acceptors (Lipinski definition) is 3. The van der Waals surface area contributed by atoms with Gasteiger partial charge in [-0.15, -0.1) is 0 Å². The highest BCUT2D eigenvalue weighted by Gasteiger charge is 2.24. The molecule has 1 saturated heterocycles. The molecule has 66 valence electrons. The van der Waals surface area contributed by atoms with Gasteiger partial charge in [0, 0.05) is 13.5 Å². The molecule has 1 unspecified atom stereocenters. The molecule has 2 heterocycles. The zero-order valence-corrected chi connectivity index (χ0v) is 7.93. The van der Waals surface area contributed by atoms with E-state index >= 15 is 0 Å². The van der Waals surface area contributed by atoms with E-state index in [-0.39, 0.29) is 6.23 Å². The number of rotatable bonds is 1. The van der Waals surface area contributed by atoms with Crippen LogP contribution in [0, 0.1) is 6.92 Å². The lowest BCUT2D eigenvalue weighted by molar-refractivity contribution is -0.762. The highest BCUT2D eigenvalue weighted by molar-refractivity contribution is 7.09. The number of nitrogens with one attached hydrogen (secondary N) is 1. The minimum Gasteiger partial charge on any atom is -0.319 e. The van der Waals surface area contributed by atoms with Gasteiger partial charge in [-0.05, 0) is 0 Å². The molecule has 1 aromatic rings. The normalized spacial score (nSPS) is 24.2. The zero-order valence-electron chi connectivity index (χ0n) is 7.12. The number of aryl methyl sites for hydroxylation is 1. The van der Waals surface area contributed by atoms with Gasteiger partial charge in [0.25, 0.3) is 6.23 Å². The molecule has 4 heteroatoms. The summed E-state index contributed by atoms with van der Waals surface area (Å²) < 4.78 is 7.79. The van der Waals surface area contributed by atoms with E-state index in [0.29, 0.717) is 0 Å². The highest BCUT2D eigenvalue weighted by atomic mass is 32.1. The Kier molecular flexibility index (Phi) is 2.39. The first-order chi connectivity index (χ1) is 5.88. The predicted octanol–water partition coefficient (Wildman–Crippen LogP) is 0.462. The summed E-state index contributed by atoms with van der Waals surface area (Å²) in [7, 11) is 0. The number of morpholine rings is 1. The second-order valence-corrected chi connectivity index (χ2v) is 3.96. The van der Waals surface area contributed by atoms with Crippen LogP contribution in [0.4, 0.5) is 0 Å². The molecule has 1 N–H and O–H groups in total. The SMILES string of the molecule is Cc1scc[n+]1C1CNCCO1. The maximum Gasteiger partial charge on any atom is 0.276 e. The zero-order chi connectivity index (χ0) is 8.39. The monoisotopic (exact) mass is 185 g/mol. The van der Waals surface area contributed by atoms with Crippen molar-refractivity contribution in [1.29, 1.82) is 0 Å². The van der Waals surface area contributed by atoms with Crippen LogP contribution in [0.1, 0.15) is 11.2 Å². The molecular formula is C8H13N2OS+. The summed E-state index contributed by atoms with van der Waals surface area (Å²) in [4.78, 5) is 0. The second-order valence-electron chi connectivity index (χ2n) is 2.86. The Balaban J connectivity index is 2.13. The minimum atomic E-state index is 0.199. The predicted molar refractivity (Wildman–Crippen MR) is 47.1 cm³/mol. The van der Waals surface area contributed by atoms with Gasteiger partial charge in [-0.25, -0.2) is 0 Å². The molecule has 0 aliphatic carbocycles. The number of aromatic nitrogens is 1. The summed E-state index contributed by atoms with van der Waals surface area (Å²) in [5, 5.41) is 6.69. The lowest BCUT2D eigenvalue weighted by Gasteiger charge is -2.18. The topological polar surface area (TPSA) is 25.1 Å². The van der Waals surface area contributed by atoms with E-state index in [2.05, 4.69) is 28.4 Å². The fourth-order valence-corrected chi connectivity index (χ4v) is 2.08. The molecular weight excluding hydrogens is 172 g/mol. The first-order valence-corrected chi connectivity index (χ1v) is 5.03. The largest absolute Gasteiger partial charge is 0.319 e. The van der Waals surface area contributed by atoms with E-state index < -0.39 is 0 Å². The minimum absolute atomic E-state index is 0.199. The molecule has 12 heavy (non-hydrogen) atoms. The maximum absolute atomic E-state index is 5.61. The highest BCUT2D eigenvalue weighted by Crippen LogP contribution is 2.07. The standard InChI is InChI=1S/C8H13N2OS/c1-7-10(3-5-12-7)8-6-9-2-4-11-8/h3,5,8-9H,2,4,6H2,1H3/q+1. The van der Waals surface area contributed by atoms with Gasteiger partial charge in [0.15, 0.2) is 6.20 Å². The van der Waals surface area contributed by atoms with Crippen molar-refractivity contribution in [3.63, 3.8) is 0 Å². The summed E-state index contributed by atoms with van der Waals surface area (Å²) in [6, 6.07) is 0. The van der Waals surface area contributed by atoms with Crippen molar-refractivity contribution < 1.29 is 9.30 Å². The Bertz CT molecular complexity index is 255. The quantitative estimate of drug-likeness (QED) is 0.643. The van der Waals surface area contributed by atoms with Crippen molar-refractivity contribution in [3.8, 4) is 0 Å². The van der Waals surface area contributed by atoms with Crippen LogP contribution in [0.15, 0.2) is 11.6 Å². The molecule has 1 atom stereocenters. The van der Waals surface area contributed by atoms with Gasteiger partial charge < -0.3 is 10.1 Å². The van der Waals surface area contributed by atoms with Gasteiger partial charge in [-0.3, -0.25) is 0 Å². The summed E-state index contributed by atoms with van der Waals surface area (Å²) in [5.74, 6) is 0. The van der Waals surface area contributed by atoms with Crippen LogP contribution in [-0.2, 0) is 4.74 Å². The molecule has 1 fully saturated rings. The van der Waals surface area contributed by atoms with Gasteiger partial charge >= 0.3 is 0 Å². The molecule has 1 aliphatic rings. The van der Waals surface area contributed by atoms with Crippen molar-refractivity contribution in [1.82, 2.24) is 5.32 Å². The van der Waals surface area contributed by atoms with Crippen LogP contribution < -0.4 is 9.88 Å². The Morgan fingerprint density at radius 1 is 1.75 bits per heavy atom. The molecule has 0 radical (unpaired) electrons. The van der Waals surface area contributed by atoms with Crippen molar-refractivity contribution >= 4 is 11.3 Å². The van der Waals surface area contributed by atoms with E-state index in [1.54, 1.807) is 11.3 Å². The molecule has 1 aromatic heterocycles. The lowest BCUT2D eigenvalue weighted by Crippen LogP contribution is -2.50. The third-order valence-electron chi connectivity index (χ3n) is 2.04. The summed E-state index contributed by atoms with van der Waals surface area (Å²) in [5.41, 5.74) is 0.